The molecule has 2 aromatic rings. The molecule has 2 amide bonds. The molecular weight excluding hydrogens is 432 g/mol. The second-order valence-electron chi connectivity index (χ2n) is 9.42. The fourth-order valence-electron chi connectivity index (χ4n) is 4.79. The average molecular weight is 465 g/mol. The first kappa shape index (κ1) is 23.8. The molecule has 4 rings (SSSR count). The van der Waals surface area contributed by atoms with Crippen LogP contribution in [0.2, 0.25) is 0 Å². The third kappa shape index (κ3) is 5.41. The number of rotatable bonds is 10. The van der Waals surface area contributed by atoms with Crippen molar-refractivity contribution in [2.75, 3.05) is 13.2 Å². The lowest BCUT2D eigenvalue weighted by molar-refractivity contribution is -0.144. The van der Waals surface area contributed by atoms with E-state index in [2.05, 4.69) is 34.9 Å². The summed E-state index contributed by atoms with van der Waals surface area (Å²) in [6.45, 7) is 2.58. The quantitative estimate of drug-likeness (QED) is 0.486. The molecule has 180 valence electrons. The minimum absolute atomic E-state index is 0.0112. The Balaban J connectivity index is 1.19. The third-order valence-corrected chi connectivity index (χ3v) is 7.01. The number of carbonyl (C=O) groups is 3. The van der Waals surface area contributed by atoms with Crippen LogP contribution in [0.15, 0.2) is 48.5 Å². The zero-order valence-electron chi connectivity index (χ0n) is 19.5. The van der Waals surface area contributed by atoms with Crippen LogP contribution >= 0.6 is 0 Å². The van der Waals surface area contributed by atoms with Gasteiger partial charge in [-0.1, -0.05) is 61.9 Å². The minimum Gasteiger partial charge on any atom is -0.480 e. The second kappa shape index (κ2) is 10.7. The predicted molar refractivity (Wildman–Crippen MR) is 128 cm³/mol. The molecule has 2 aliphatic carbocycles. The van der Waals surface area contributed by atoms with Gasteiger partial charge in [-0.05, 0) is 53.4 Å². The van der Waals surface area contributed by atoms with Gasteiger partial charge in [0, 0.05) is 18.9 Å². The van der Waals surface area contributed by atoms with Gasteiger partial charge in [0.25, 0.3) is 0 Å². The number of alkyl carbamates (subject to hydrolysis) is 1. The minimum atomic E-state index is -0.969. The summed E-state index contributed by atoms with van der Waals surface area (Å²) in [7, 11) is 0. The normalized spacial score (nSPS) is 16.5. The lowest BCUT2D eigenvalue weighted by Gasteiger charge is -2.31. The van der Waals surface area contributed by atoms with E-state index in [-0.39, 0.29) is 36.7 Å². The van der Waals surface area contributed by atoms with Gasteiger partial charge in [0.1, 0.15) is 12.6 Å². The molecule has 0 saturated heterocycles. The fourth-order valence-corrected chi connectivity index (χ4v) is 4.79. The predicted octanol–water partition coefficient (Wildman–Crippen LogP) is 4.31. The number of carbonyl (C=O) groups excluding carboxylic acids is 2. The number of nitrogens with one attached hydrogen (secondary N) is 2. The summed E-state index contributed by atoms with van der Waals surface area (Å²) in [6, 6.07) is 15.6. The van der Waals surface area contributed by atoms with E-state index in [1.54, 1.807) is 0 Å². The zero-order valence-corrected chi connectivity index (χ0v) is 19.5. The maximum Gasteiger partial charge on any atom is 0.407 e. The van der Waals surface area contributed by atoms with Gasteiger partial charge in [-0.3, -0.25) is 4.79 Å². The van der Waals surface area contributed by atoms with E-state index in [9.17, 15) is 19.5 Å². The van der Waals surface area contributed by atoms with Crippen LogP contribution in [-0.2, 0) is 14.3 Å². The van der Waals surface area contributed by atoms with Crippen molar-refractivity contribution in [3.8, 4) is 11.1 Å². The third-order valence-electron chi connectivity index (χ3n) is 7.01. The summed E-state index contributed by atoms with van der Waals surface area (Å²) in [5, 5.41) is 14.8. The topological polar surface area (TPSA) is 105 Å². The van der Waals surface area contributed by atoms with E-state index in [1.165, 1.54) is 11.1 Å². The molecule has 2 aromatic carbocycles. The largest absolute Gasteiger partial charge is 0.480 e. The van der Waals surface area contributed by atoms with Gasteiger partial charge in [-0.25, -0.2) is 9.59 Å². The van der Waals surface area contributed by atoms with E-state index in [1.807, 2.05) is 31.2 Å². The van der Waals surface area contributed by atoms with Gasteiger partial charge in [-0.2, -0.15) is 0 Å². The van der Waals surface area contributed by atoms with Crippen molar-refractivity contribution in [1.82, 2.24) is 10.6 Å². The SMILES string of the molecule is CC(CCC(=O)NC(C(=O)O)C1CCC1)CNC(=O)OCC1c2ccccc2-c2ccccc21. The Labute approximate surface area is 199 Å². The molecule has 7 heteroatoms. The summed E-state index contributed by atoms with van der Waals surface area (Å²) in [5.74, 6) is -1.13. The number of benzene rings is 2. The van der Waals surface area contributed by atoms with Gasteiger partial charge in [0.05, 0.1) is 0 Å². The van der Waals surface area contributed by atoms with E-state index in [0.717, 1.165) is 30.4 Å². The van der Waals surface area contributed by atoms with Crippen LogP contribution in [0.1, 0.15) is 56.1 Å². The van der Waals surface area contributed by atoms with Crippen LogP contribution in [0, 0.1) is 11.8 Å². The van der Waals surface area contributed by atoms with Crippen molar-refractivity contribution in [3.05, 3.63) is 59.7 Å². The number of aliphatic carboxylic acids is 1. The first-order valence-corrected chi connectivity index (χ1v) is 12.0. The van der Waals surface area contributed by atoms with Crippen molar-refractivity contribution >= 4 is 18.0 Å². The van der Waals surface area contributed by atoms with E-state index >= 15 is 0 Å². The molecule has 34 heavy (non-hydrogen) atoms. The molecule has 1 fully saturated rings. The molecule has 7 nitrogen and oxygen atoms in total. The van der Waals surface area contributed by atoms with Gasteiger partial charge >= 0.3 is 12.1 Å². The molecule has 0 aromatic heterocycles. The first-order valence-electron chi connectivity index (χ1n) is 12.0. The standard InChI is InChI=1S/C27H32N2O5/c1-17(13-14-24(30)29-25(26(31)32)18-7-6-8-18)15-28-27(33)34-16-23-21-11-4-2-9-19(21)20-10-3-5-12-22(20)23/h2-5,9-12,17-18,23,25H,6-8,13-16H2,1H3,(H,28,33)(H,29,30)(H,31,32). The van der Waals surface area contributed by atoms with Crippen LogP contribution in [0.25, 0.3) is 11.1 Å². The van der Waals surface area contributed by atoms with Crippen molar-refractivity contribution < 1.29 is 24.2 Å². The number of carboxylic acids is 1. The molecule has 1 saturated carbocycles. The highest BCUT2D eigenvalue weighted by molar-refractivity contribution is 5.84. The van der Waals surface area contributed by atoms with Gasteiger partial charge in [0.15, 0.2) is 0 Å². The Morgan fingerprint density at radius 1 is 1.03 bits per heavy atom. The van der Waals surface area contributed by atoms with Crippen LogP contribution in [0.5, 0.6) is 0 Å². The maximum absolute atomic E-state index is 12.3. The van der Waals surface area contributed by atoms with Crippen LogP contribution in [-0.4, -0.2) is 42.3 Å². The fraction of sp³-hybridized carbons (Fsp3) is 0.444. The molecule has 2 atom stereocenters. The summed E-state index contributed by atoms with van der Waals surface area (Å²) in [5.41, 5.74) is 4.69. The second-order valence-corrected chi connectivity index (χ2v) is 9.42. The summed E-state index contributed by atoms with van der Waals surface area (Å²) >= 11 is 0. The Morgan fingerprint density at radius 2 is 1.65 bits per heavy atom. The summed E-state index contributed by atoms with van der Waals surface area (Å²) < 4.78 is 5.55. The Morgan fingerprint density at radius 3 is 2.21 bits per heavy atom. The van der Waals surface area contributed by atoms with E-state index < -0.39 is 18.1 Å². The first-order chi connectivity index (χ1) is 16.4. The maximum atomic E-state index is 12.3. The number of hydrogen-bond acceptors (Lipinski definition) is 4. The Kier molecular flexibility index (Phi) is 7.50. The Bertz CT molecular complexity index is 1000. The highest BCUT2D eigenvalue weighted by atomic mass is 16.5. The lowest BCUT2D eigenvalue weighted by Crippen LogP contribution is -2.48. The molecule has 0 radical (unpaired) electrons. The number of carboxylic acid groups (broad SMARTS) is 1. The molecule has 3 N–H and O–H groups in total. The molecule has 0 bridgehead atoms. The number of amides is 2. The average Bonchev–Trinajstić information content (AvgIpc) is 3.12. The molecular formula is C27H32N2O5. The summed E-state index contributed by atoms with van der Waals surface area (Å²) in [4.78, 5) is 35.9. The number of fused-ring (bicyclic) bond motifs is 3. The Hall–Kier alpha value is -3.35. The molecule has 2 aliphatic rings. The smallest absolute Gasteiger partial charge is 0.407 e. The molecule has 0 heterocycles. The van der Waals surface area contributed by atoms with Crippen LogP contribution in [0.4, 0.5) is 4.79 Å². The lowest BCUT2D eigenvalue weighted by atomic mass is 9.79. The van der Waals surface area contributed by atoms with E-state index in [0.29, 0.717) is 13.0 Å². The zero-order chi connectivity index (χ0) is 24.1. The number of ether oxygens (including phenoxy) is 1. The van der Waals surface area contributed by atoms with Gasteiger partial charge in [0.2, 0.25) is 5.91 Å². The van der Waals surface area contributed by atoms with E-state index in [4.69, 9.17) is 4.74 Å². The van der Waals surface area contributed by atoms with Gasteiger partial charge < -0.3 is 20.5 Å². The highest BCUT2D eigenvalue weighted by Gasteiger charge is 2.33. The van der Waals surface area contributed by atoms with Crippen LogP contribution in [0.3, 0.4) is 0 Å². The molecule has 2 unspecified atom stereocenters. The highest BCUT2D eigenvalue weighted by Crippen LogP contribution is 2.44. The van der Waals surface area contributed by atoms with Gasteiger partial charge in [-0.15, -0.1) is 0 Å². The monoisotopic (exact) mass is 464 g/mol. The van der Waals surface area contributed by atoms with Crippen molar-refractivity contribution in [2.45, 2.75) is 51.0 Å². The van der Waals surface area contributed by atoms with Crippen molar-refractivity contribution in [1.29, 1.82) is 0 Å². The van der Waals surface area contributed by atoms with Crippen molar-refractivity contribution in [3.63, 3.8) is 0 Å². The van der Waals surface area contributed by atoms with Crippen molar-refractivity contribution in [2.24, 2.45) is 11.8 Å². The summed E-state index contributed by atoms with van der Waals surface area (Å²) in [6.07, 6.45) is 3.00. The molecule has 0 spiro atoms. The van der Waals surface area contributed by atoms with Crippen LogP contribution < -0.4 is 10.6 Å². The number of hydrogen-bond donors (Lipinski definition) is 3. The molecule has 0 aliphatic heterocycles.